The number of rotatable bonds is 9. The predicted molar refractivity (Wildman–Crippen MR) is 180 cm³/mol. The Bertz CT molecular complexity index is 1710. The number of hydrogen-bond donors (Lipinski definition) is 3. The Morgan fingerprint density at radius 1 is 0.740 bits per heavy atom. The number of nitriles is 1. The third-order valence-corrected chi connectivity index (χ3v) is 7.27. The quantitative estimate of drug-likeness (QED) is 0.204. The standard InChI is InChI=1S/C37H42F2N4O7/c1-36(2,3)49-34(45)41-21-22-7-13-27(14-8-22)47-28-17-24(18-29(19-28)48-32-30(38)15-23(20-40)16-31(32)39)33(44)42-25-9-11-26(12-10-25)43-35(46)50-37(4,5)6/h7-8,13-19,25-26H,9-12,21H2,1-6H3,(H,41,45)(H,42,44)(H,43,46). The summed E-state index contributed by atoms with van der Waals surface area (Å²) in [6.45, 7) is 10.9. The average molecular weight is 693 g/mol. The number of alkyl carbamates (subject to hydrolysis) is 2. The van der Waals surface area contributed by atoms with Crippen molar-refractivity contribution >= 4 is 18.1 Å². The Morgan fingerprint density at radius 2 is 1.26 bits per heavy atom. The lowest BCUT2D eigenvalue weighted by atomic mass is 9.91. The van der Waals surface area contributed by atoms with Crippen molar-refractivity contribution in [2.45, 2.75) is 97.1 Å². The van der Waals surface area contributed by atoms with Crippen LogP contribution >= 0.6 is 0 Å². The largest absolute Gasteiger partial charge is 0.457 e. The topological polar surface area (TPSA) is 148 Å². The van der Waals surface area contributed by atoms with Gasteiger partial charge in [0.2, 0.25) is 0 Å². The predicted octanol–water partition coefficient (Wildman–Crippen LogP) is 8.01. The van der Waals surface area contributed by atoms with Gasteiger partial charge in [-0.05, 0) is 109 Å². The molecule has 50 heavy (non-hydrogen) atoms. The zero-order chi connectivity index (χ0) is 36.6. The average Bonchev–Trinajstić information content (AvgIpc) is 3.01. The summed E-state index contributed by atoms with van der Waals surface area (Å²) in [7, 11) is 0. The van der Waals surface area contributed by atoms with Crippen LogP contribution < -0.4 is 25.4 Å². The second-order valence-electron chi connectivity index (χ2n) is 13.9. The second kappa shape index (κ2) is 15.9. The number of nitrogens with zero attached hydrogens (tertiary/aromatic N) is 1. The van der Waals surface area contributed by atoms with Crippen molar-refractivity contribution < 1.29 is 42.1 Å². The zero-order valence-electron chi connectivity index (χ0n) is 28.9. The summed E-state index contributed by atoms with van der Waals surface area (Å²) in [5.41, 5.74) is -0.585. The van der Waals surface area contributed by atoms with Crippen molar-refractivity contribution in [3.63, 3.8) is 0 Å². The number of ether oxygens (including phenoxy) is 4. The highest BCUT2D eigenvalue weighted by molar-refractivity contribution is 5.95. The highest BCUT2D eigenvalue weighted by atomic mass is 19.1. The number of halogens is 2. The molecule has 0 unspecified atom stereocenters. The molecule has 3 amide bonds. The van der Waals surface area contributed by atoms with Crippen molar-refractivity contribution in [2.24, 2.45) is 0 Å². The van der Waals surface area contributed by atoms with Crippen molar-refractivity contribution in [3.8, 4) is 29.1 Å². The van der Waals surface area contributed by atoms with Gasteiger partial charge in [0.15, 0.2) is 17.4 Å². The second-order valence-corrected chi connectivity index (χ2v) is 13.9. The maximum absolute atomic E-state index is 14.7. The molecule has 1 fully saturated rings. The molecule has 4 rings (SSSR count). The minimum Gasteiger partial charge on any atom is -0.457 e. The molecule has 13 heteroatoms. The molecule has 0 heterocycles. The lowest BCUT2D eigenvalue weighted by Crippen LogP contribution is -2.45. The monoisotopic (exact) mass is 692 g/mol. The van der Waals surface area contributed by atoms with Crippen LogP contribution in [0, 0.1) is 23.0 Å². The summed E-state index contributed by atoms with van der Waals surface area (Å²) in [4.78, 5) is 37.6. The van der Waals surface area contributed by atoms with Crippen LogP contribution in [0.2, 0.25) is 0 Å². The van der Waals surface area contributed by atoms with E-state index in [-0.39, 0.29) is 41.3 Å². The molecule has 11 nitrogen and oxygen atoms in total. The van der Waals surface area contributed by atoms with E-state index < -0.39 is 46.7 Å². The van der Waals surface area contributed by atoms with Crippen LogP contribution in [-0.4, -0.2) is 41.4 Å². The molecule has 1 saturated carbocycles. The molecular formula is C37H42F2N4O7. The number of carbonyl (C=O) groups excluding carboxylic acids is 3. The fraction of sp³-hybridized carbons (Fsp3) is 0.405. The normalized spacial score (nSPS) is 16.0. The van der Waals surface area contributed by atoms with E-state index in [4.69, 9.17) is 24.2 Å². The van der Waals surface area contributed by atoms with E-state index in [1.807, 2.05) is 0 Å². The molecule has 266 valence electrons. The summed E-state index contributed by atoms with van der Waals surface area (Å²) in [5.74, 6) is -2.96. The smallest absolute Gasteiger partial charge is 0.407 e. The fourth-order valence-corrected chi connectivity index (χ4v) is 5.09. The van der Waals surface area contributed by atoms with Gasteiger partial charge in [0.25, 0.3) is 5.91 Å². The van der Waals surface area contributed by atoms with E-state index in [0.29, 0.717) is 31.4 Å². The van der Waals surface area contributed by atoms with Gasteiger partial charge in [-0.1, -0.05) is 12.1 Å². The summed E-state index contributed by atoms with van der Waals surface area (Å²) in [6.07, 6.45) is 1.41. The van der Waals surface area contributed by atoms with E-state index in [0.717, 1.165) is 17.7 Å². The Kier molecular flexibility index (Phi) is 11.9. The van der Waals surface area contributed by atoms with E-state index in [1.54, 1.807) is 71.9 Å². The van der Waals surface area contributed by atoms with Gasteiger partial charge >= 0.3 is 12.2 Å². The fourth-order valence-electron chi connectivity index (χ4n) is 5.09. The van der Waals surface area contributed by atoms with Gasteiger partial charge in [-0.2, -0.15) is 5.26 Å². The first-order valence-corrected chi connectivity index (χ1v) is 16.2. The Labute approximate surface area is 290 Å². The lowest BCUT2D eigenvalue weighted by Gasteiger charge is -2.30. The van der Waals surface area contributed by atoms with Crippen LogP contribution in [0.15, 0.2) is 54.6 Å². The van der Waals surface area contributed by atoms with Crippen LogP contribution in [0.25, 0.3) is 0 Å². The summed E-state index contributed by atoms with van der Waals surface area (Å²) >= 11 is 0. The molecule has 1 aliphatic rings. The summed E-state index contributed by atoms with van der Waals surface area (Å²) in [5, 5.41) is 17.6. The molecule has 0 bridgehead atoms. The molecule has 1 aliphatic carbocycles. The number of benzene rings is 3. The number of hydrogen-bond acceptors (Lipinski definition) is 8. The van der Waals surface area contributed by atoms with Crippen LogP contribution in [-0.2, 0) is 16.0 Å². The number of nitrogens with one attached hydrogen (secondary N) is 3. The Morgan fingerprint density at radius 3 is 1.80 bits per heavy atom. The molecule has 0 spiro atoms. The van der Waals surface area contributed by atoms with Crippen molar-refractivity contribution in [1.82, 2.24) is 16.0 Å². The van der Waals surface area contributed by atoms with E-state index in [2.05, 4.69) is 16.0 Å². The van der Waals surface area contributed by atoms with Crippen LogP contribution in [0.5, 0.6) is 23.0 Å². The van der Waals surface area contributed by atoms with E-state index in [1.165, 1.54) is 18.2 Å². The number of amides is 3. The van der Waals surface area contributed by atoms with Gasteiger partial charge in [0.05, 0.1) is 11.6 Å². The Balaban J connectivity index is 1.48. The molecule has 0 radical (unpaired) electrons. The molecule has 0 saturated heterocycles. The Hall–Kier alpha value is -5.38. The van der Waals surface area contributed by atoms with Gasteiger partial charge < -0.3 is 34.9 Å². The van der Waals surface area contributed by atoms with Gasteiger partial charge in [-0.3, -0.25) is 4.79 Å². The highest BCUT2D eigenvalue weighted by Crippen LogP contribution is 2.34. The molecule has 0 atom stereocenters. The van der Waals surface area contributed by atoms with Crippen LogP contribution in [0.3, 0.4) is 0 Å². The van der Waals surface area contributed by atoms with E-state index in [9.17, 15) is 23.2 Å². The van der Waals surface area contributed by atoms with Gasteiger partial charge in [-0.25, -0.2) is 18.4 Å². The van der Waals surface area contributed by atoms with E-state index >= 15 is 0 Å². The van der Waals surface area contributed by atoms with Crippen LogP contribution in [0.4, 0.5) is 18.4 Å². The first-order valence-electron chi connectivity index (χ1n) is 16.2. The molecule has 3 N–H and O–H groups in total. The lowest BCUT2D eigenvalue weighted by molar-refractivity contribution is 0.0485. The molecule has 3 aromatic rings. The third kappa shape index (κ3) is 11.6. The van der Waals surface area contributed by atoms with Gasteiger partial charge in [0.1, 0.15) is 28.5 Å². The van der Waals surface area contributed by atoms with Crippen LogP contribution in [0.1, 0.15) is 88.7 Å². The molecule has 0 aromatic heterocycles. The van der Waals surface area contributed by atoms with Crippen molar-refractivity contribution in [1.29, 1.82) is 5.26 Å². The molecule has 3 aromatic carbocycles. The first kappa shape index (κ1) is 37.4. The summed E-state index contributed by atoms with van der Waals surface area (Å²) < 4.78 is 51.6. The number of carbonyl (C=O) groups is 3. The first-order chi connectivity index (χ1) is 23.5. The minimum absolute atomic E-state index is 0.0846. The van der Waals surface area contributed by atoms with Crippen molar-refractivity contribution in [3.05, 3.63) is 82.9 Å². The zero-order valence-corrected chi connectivity index (χ0v) is 28.9. The SMILES string of the molecule is CC(C)(C)OC(=O)NCc1ccc(Oc2cc(Oc3c(F)cc(C#N)cc3F)cc(C(=O)NC3CCC(NC(=O)OC(C)(C)C)CC3)c2)cc1. The minimum atomic E-state index is -1.09. The molecular weight excluding hydrogens is 650 g/mol. The molecule has 0 aliphatic heterocycles. The summed E-state index contributed by atoms with van der Waals surface area (Å²) in [6, 6.07) is 14.1. The van der Waals surface area contributed by atoms with Gasteiger partial charge in [-0.15, -0.1) is 0 Å². The maximum Gasteiger partial charge on any atom is 0.407 e. The maximum atomic E-state index is 14.7. The third-order valence-electron chi connectivity index (χ3n) is 7.27. The van der Waals surface area contributed by atoms with Crippen molar-refractivity contribution in [2.75, 3.05) is 0 Å². The van der Waals surface area contributed by atoms with Gasteiger partial charge in [0, 0.05) is 30.3 Å². The highest BCUT2D eigenvalue weighted by Gasteiger charge is 2.26.